The fourth-order valence-electron chi connectivity index (χ4n) is 3.52. The van der Waals surface area contributed by atoms with Gasteiger partial charge in [-0.15, -0.1) is 0 Å². The van der Waals surface area contributed by atoms with Gasteiger partial charge in [0.2, 0.25) is 21.8 Å². The smallest absolute Gasteiger partial charge is 0.244 e. The number of benzene rings is 2. The lowest BCUT2D eigenvalue weighted by Gasteiger charge is -2.33. The molecular formula is C24H32BrN3O4S. The molecule has 0 unspecified atom stereocenters. The van der Waals surface area contributed by atoms with Gasteiger partial charge in [0.1, 0.15) is 12.6 Å². The SMILES string of the molecule is CC[C@H](C(=O)NC(C)C)N(Cc1ccccc1C)C(=O)CN(c1cccc(Br)c1)S(C)(=O)=O. The molecule has 0 fully saturated rings. The van der Waals surface area contributed by atoms with Crippen LogP contribution in [0, 0.1) is 6.92 Å². The first-order valence-electron chi connectivity index (χ1n) is 10.8. The molecule has 9 heteroatoms. The van der Waals surface area contributed by atoms with Crippen LogP contribution in [0.25, 0.3) is 0 Å². The first kappa shape index (κ1) is 26.9. The number of nitrogens with one attached hydrogen (secondary N) is 1. The van der Waals surface area contributed by atoms with Crippen LogP contribution in [-0.4, -0.2) is 50.0 Å². The molecule has 2 amide bonds. The van der Waals surface area contributed by atoms with Crippen molar-refractivity contribution in [3.63, 3.8) is 0 Å². The van der Waals surface area contributed by atoms with Gasteiger partial charge in [-0.3, -0.25) is 13.9 Å². The number of carbonyl (C=O) groups is 2. The summed E-state index contributed by atoms with van der Waals surface area (Å²) in [6.07, 6.45) is 1.46. The van der Waals surface area contributed by atoms with Gasteiger partial charge in [0, 0.05) is 17.1 Å². The molecule has 0 heterocycles. The molecular weight excluding hydrogens is 506 g/mol. The van der Waals surface area contributed by atoms with E-state index in [4.69, 9.17) is 0 Å². The first-order valence-corrected chi connectivity index (χ1v) is 13.5. The summed E-state index contributed by atoms with van der Waals surface area (Å²) in [5.41, 5.74) is 2.26. The molecule has 0 aliphatic rings. The van der Waals surface area contributed by atoms with E-state index in [9.17, 15) is 18.0 Å². The number of nitrogens with zero attached hydrogens (tertiary/aromatic N) is 2. The quantitative estimate of drug-likeness (QED) is 0.498. The average Bonchev–Trinajstić information content (AvgIpc) is 2.71. The number of amides is 2. The van der Waals surface area contributed by atoms with Crippen molar-refractivity contribution < 1.29 is 18.0 Å². The lowest BCUT2D eigenvalue weighted by molar-refractivity contribution is -0.140. The fourth-order valence-corrected chi connectivity index (χ4v) is 4.74. The van der Waals surface area contributed by atoms with E-state index in [0.717, 1.165) is 21.7 Å². The van der Waals surface area contributed by atoms with Crippen LogP contribution in [0.15, 0.2) is 53.0 Å². The fraction of sp³-hybridized carbons (Fsp3) is 0.417. The van der Waals surface area contributed by atoms with Crippen molar-refractivity contribution in [1.29, 1.82) is 0 Å². The molecule has 2 aromatic carbocycles. The Morgan fingerprint density at radius 2 is 1.76 bits per heavy atom. The van der Waals surface area contributed by atoms with Crippen molar-refractivity contribution in [2.75, 3.05) is 17.1 Å². The van der Waals surface area contributed by atoms with E-state index in [2.05, 4.69) is 21.2 Å². The highest BCUT2D eigenvalue weighted by atomic mass is 79.9. The Bertz CT molecular complexity index is 1090. The third kappa shape index (κ3) is 7.57. The van der Waals surface area contributed by atoms with Crippen molar-refractivity contribution >= 4 is 43.5 Å². The number of sulfonamides is 1. The lowest BCUT2D eigenvalue weighted by atomic mass is 10.1. The maximum Gasteiger partial charge on any atom is 0.244 e. The standard InChI is InChI=1S/C24H32BrN3O4S/c1-6-22(24(30)26-17(2)3)27(15-19-11-8-7-10-18(19)4)23(29)16-28(33(5,31)32)21-13-9-12-20(25)14-21/h7-14,17,22H,6,15-16H2,1-5H3,(H,26,30)/t22-/m1/s1. The number of hydrogen-bond donors (Lipinski definition) is 1. The summed E-state index contributed by atoms with van der Waals surface area (Å²) in [4.78, 5) is 28.0. The van der Waals surface area contributed by atoms with Gasteiger partial charge in [-0.2, -0.15) is 0 Å². The third-order valence-corrected chi connectivity index (χ3v) is 6.83. The summed E-state index contributed by atoms with van der Waals surface area (Å²) in [5.74, 6) is -0.711. The van der Waals surface area contributed by atoms with Gasteiger partial charge in [-0.25, -0.2) is 8.42 Å². The normalized spacial score (nSPS) is 12.3. The summed E-state index contributed by atoms with van der Waals surface area (Å²) < 4.78 is 26.9. The zero-order chi connectivity index (χ0) is 24.8. The second kappa shape index (κ2) is 11.7. The predicted octanol–water partition coefficient (Wildman–Crippen LogP) is 3.86. The number of rotatable bonds is 10. The van der Waals surface area contributed by atoms with Crippen LogP contribution >= 0.6 is 15.9 Å². The van der Waals surface area contributed by atoms with E-state index in [-0.39, 0.29) is 18.5 Å². The molecule has 0 saturated carbocycles. The lowest BCUT2D eigenvalue weighted by Crippen LogP contribution is -2.53. The Kier molecular flexibility index (Phi) is 9.48. The number of aryl methyl sites for hydroxylation is 1. The molecule has 180 valence electrons. The molecule has 1 N–H and O–H groups in total. The molecule has 1 atom stereocenters. The summed E-state index contributed by atoms with van der Waals surface area (Å²) >= 11 is 3.35. The molecule has 0 saturated heterocycles. The second-order valence-electron chi connectivity index (χ2n) is 8.28. The number of halogens is 1. The van der Waals surface area contributed by atoms with Crippen LogP contribution in [0.2, 0.25) is 0 Å². The Hall–Kier alpha value is -2.39. The molecule has 0 radical (unpaired) electrons. The summed E-state index contributed by atoms with van der Waals surface area (Å²) in [7, 11) is -3.75. The number of hydrogen-bond acceptors (Lipinski definition) is 4. The van der Waals surface area contributed by atoms with Crippen LogP contribution in [-0.2, 0) is 26.2 Å². The van der Waals surface area contributed by atoms with Crippen LogP contribution in [0.3, 0.4) is 0 Å². The highest BCUT2D eigenvalue weighted by molar-refractivity contribution is 9.10. The topological polar surface area (TPSA) is 86.8 Å². The Labute approximate surface area is 205 Å². The highest BCUT2D eigenvalue weighted by Crippen LogP contribution is 2.23. The molecule has 2 aromatic rings. The van der Waals surface area contributed by atoms with Gasteiger partial charge in [-0.1, -0.05) is 53.2 Å². The van der Waals surface area contributed by atoms with Crippen molar-refractivity contribution in [1.82, 2.24) is 10.2 Å². The van der Waals surface area contributed by atoms with Gasteiger partial charge in [0.05, 0.1) is 11.9 Å². The van der Waals surface area contributed by atoms with Gasteiger partial charge in [0.25, 0.3) is 0 Å². The maximum absolute atomic E-state index is 13.6. The van der Waals surface area contributed by atoms with Crippen LogP contribution in [0.5, 0.6) is 0 Å². The van der Waals surface area contributed by atoms with Crippen LogP contribution in [0.1, 0.15) is 38.3 Å². The molecule has 0 aromatic heterocycles. The molecule has 0 bridgehead atoms. The molecule has 33 heavy (non-hydrogen) atoms. The van der Waals surface area contributed by atoms with Crippen molar-refractivity contribution in [3.05, 3.63) is 64.1 Å². The summed E-state index contributed by atoms with van der Waals surface area (Å²) in [5, 5.41) is 2.88. The zero-order valence-electron chi connectivity index (χ0n) is 19.7. The Morgan fingerprint density at radius 1 is 1.09 bits per heavy atom. The minimum atomic E-state index is -3.75. The van der Waals surface area contributed by atoms with Crippen molar-refractivity contribution in [2.24, 2.45) is 0 Å². The molecule has 0 aliphatic carbocycles. The maximum atomic E-state index is 13.6. The minimum Gasteiger partial charge on any atom is -0.352 e. The molecule has 7 nitrogen and oxygen atoms in total. The predicted molar refractivity (Wildman–Crippen MR) is 135 cm³/mol. The summed E-state index contributed by atoms with van der Waals surface area (Å²) in [6, 6.07) is 13.6. The van der Waals surface area contributed by atoms with Gasteiger partial charge in [-0.05, 0) is 56.5 Å². The van der Waals surface area contributed by atoms with Gasteiger partial charge < -0.3 is 10.2 Å². The minimum absolute atomic E-state index is 0.0869. The zero-order valence-corrected chi connectivity index (χ0v) is 22.1. The number of anilines is 1. The Morgan fingerprint density at radius 3 is 2.30 bits per heavy atom. The van der Waals surface area contributed by atoms with Crippen LogP contribution in [0.4, 0.5) is 5.69 Å². The van der Waals surface area contributed by atoms with E-state index >= 15 is 0 Å². The van der Waals surface area contributed by atoms with E-state index in [1.807, 2.05) is 52.0 Å². The van der Waals surface area contributed by atoms with Gasteiger partial charge >= 0.3 is 0 Å². The highest BCUT2D eigenvalue weighted by Gasteiger charge is 2.32. The van der Waals surface area contributed by atoms with Crippen molar-refractivity contribution in [3.8, 4) is 0 Å². The second-order valence-corrected chi connectivity index (χ2v) is 11.1. The Balaban J connectivity index is 2.46. The monoisotopic (exact) mass is 537 g/mol. The molecule has 0 spiro atoms. The van der Waals surface area contributed by atoms with E-state index in [1.165, 1.54) is 4.90 Å². The van der Waals surface area contributed by atoms with E-state index in [0.29, 0.717) is 16.6 Å². The molecule has 0 aliphatic heterocycles. The van der Waals surface area contributed by atoms with Gasteiger partial charge in [0.15, 0.2) is 0 Å². The molecule has 2 rings (SSSR count). The van der Waals surface area contributed by atoms with E-state index in [1.54, 1.807) is 24.3 Å². The average molecular weight is 539 g/mol. The largest absolute Gasteiger partial charge is 0.352 e. The first-order chi connectivity index (χ1) is 15.4. The third-order valence-electron chi connectivity index (χ3n) is 5.19. The van der Waals surface area contributed by atoms with Crippen LogP contribution < -0.4 is 9.62 Å². The number of carbonyl (C=O) groups excluding carboxylic acids is 2. The van der Waals surface area contributed by atoms with Crippen molar-refractivity contribution in [2.45, 2.75) is 52.7 Å². The van der Waals surface area contributed by atoms with E-state index < -0.39 is 28.5 Å². The summed E-state index contributed by atoms with van der Waals surface area (Å²) in [6.45, 7) is 7.29.